The summed E-state index contributed by atoms with van der Waals surface area (Å²) in [4.78, 5) is 4.62. The van der Waals surface area contributed by atoms with Crippen LogP contribution in [-0.2, 0) is 0 Å². The minimum Gasteiger partial charge on any atom is -0.493 e. The average Bonchev–Trinajstić information content (AvgIpc) is 3.16. The highest BCUT2D eigenvalue weighted by Gasteiger charge is 2.11. The van der Waals surface area contributed by atoms with Crippen LogP contribution in [0.2, 0.25) is 0 Å². The van der Waals surface area contributed by atoms with Crippen LogP contribution >= 0.6 is 11.3 Å². The Morgan fingerprint density at radius 1 is 1.15 bits per heavy atom. The smallest absolute Gasteiger partial charge is 0.162 e. The number of ether oxygens (including phenoxy) is 2. The van der Waals surface area contributed by atoms with Gasteiger partial charge in [0.2, 0.25) is 0 Å². The average molecular weight is 376 g/mol. The number of allylic oxidation sites excluding steroid dienone is 1. The van der Waals surface area contributed by atoms with Crippen LogP contribution in [0.25, 0.3) is 22.9 Å². The molecule has 0 aliphatic heterocycles. The zero-order valence-electron chi connectivity index (χ0n) is 15.5. The molecule has 4 nitrogen and oxygen atoms in total. The summed E-state index contributed by atoms with van der Waals surface area (Å²) in [5.41, 5.74) is 3.28. The summed E-state index contributed by atoms with van der Waals surface area (Å²) in [7, 11) is 1.61. The van der Waals surface area contributed by atoms with Gasteiger partial charge in [0, 0.05) is 10.9 Å². The van der Waals surface area contributed by atoms with E-state index in [4.69, 9.17) is 9.47 Å². The third kappa shape index (κ3) is 4.55. The molecule has 0 saturated carbocycles. The number of hydrogen-bond acceptors (Lipinski definition) is 5. The number of rotatable bonds is 6. The van der Waals surface area contributed by atoms with E-state index < -0.39 is 0 Å². The van der Waals surface area contributed by atoms with Gasteiger partial charge in [0.25, 0.3) is 0 Å². The van der Waals surface area contributed by atoms with Crippen molar-refractivity contribution in [2.24, 2.45) is 0 Å². The molecule has 0 atom stereocenters. The Kier molecular flexibility index (Phi) is 5.90. The lowest BCUT2D eigenvalue weighted by Crippen LogP contribution is -2.06. The molecule has 0 fully saturated rings. The molecule has 1 heterocycles. The van der Waals surface area contributed by atoms with Gasteiger partial charge in [0.15, 0.2) is 11.5 Å². The van der Waals surface area contributed by atoms with E-state index in [9.17, 15) is 5.26 Å². The molecule has 0 spiro atoms. The lowest BCUT2D eigenvalue weighted by atomic mass is 10.1. The first-order valence-electron chi connectivity index (χ1n) is 8.58. The molecular weight excluding hydrogens is 356 g/mol. The van der Waals surface area contributed by atoms with Crippen LogP contribution in [0, 0.1) is 11.3 Å². The molecule has 136 valence electrons. The van der Waals surface area contributed by atoms with Crippen molar-refractivity contribution in [2.75, 3.05) is 7.11 Å². The molecule has 2 aromatic carbocycles. The first-order valence-corrected chi connectivity index (χ1v) is 9.46. The fraction of sp³-hybridized carbons (Fsp3) is 0.182. The summed E-state index contributed by atoms with van der Waals surface area (Å²) in [6.07, 6.45) is 1.85. The first-order chi connectivity index (χ1) is 13.1. The summed E-state index contributed by atoms with van der Waals surface area (Å²) in [6.45, 7) is 3.92. The van der Waals surface area contributed by atoms with Crippen molar-refractivity contribution in [3.8, 4) is 28.8 Å². The minimum absolute atomic E-state index is 0.0287. The maximum absolute atomic E-state index is 9.63. The Labute approximate surface area is 163 Å². The van der Waals surface area contributed by atoms with E-state index in [0.29, 0.717) is 22.1 Å². The van der Waals surface area contributed by atoms with Crippen molar-refractivity contribution in [1.82, 2.24) is 4.98 Å². The monoisotopic (exact) mass is 376 g/mol. The highest BCUT2D eigenvalue weighted by molar-refractivity contribution is 7.11. The van der Waals surface area contributed by atoms with Gasteiger partial charge in [-0.15, -0.1) is 11.3 Å². The van der Waals surface area contributed by atoms with Gasteiger partial charge in [-0.05, 0) is 37.6 Å². The standard InChI is InChI=1S/C22H20N2O2S/c1-15(2)26-21-12-16(9-10-20(21)25-3)11-18(13-23)22-24-19(14-27-22)17-7-5-4-6-8-17/h4-12,14-15H,1-3H3/b18-11-. The summed E-state index contributed by atoms with van der Waals surface area (Å²) >= 11 is 1.46. The molecule has 1 aromatic heterocycles. The molecular formula is C22H20N2O2S. The summed E-state index contributed by atoms with van der Waals surface area (Å²) in [5, 5.41) is 12.3. The molecule has 0 unspecified atom stereocenters. The number of aromatic nitrogens is 1. The van der Waals surface area contributed by atoms with Crippen LogP contribution in [0.5, 0.6) is 11.5 Å². The first kappa shape index (κ1) is 18.7. The Hall–Kier alpha value is -3.10. The second kappa shape index (κ2) is 8.52. The van der Waals surface area contributed by atoms with Gasteiger partial charge in [-0.3, -0.25) is 0 Å². The second-order valence-corrected chi connectivity index (χ2v) is 7.01. The molecule has 0 aliphatic carbocycles. The highest BCUT2D eigenvalue weighted by Crippen LogP contribution is 2.32. The van der Waals surface area contributed by atoms with Crippen molar-refractivity contribution in [3.05, 3.63) is 64.5 Å². The molecule has 0 bridgehead atoms. The number of methoxy groups -OCH3 is 1. The molecule has 5 heteroatoms. The van der Waals surface area contributed by atoms with Crippen molar-refractivity contribution in [2.45, 2.75) is 20.0 Å². The molecule has 0 N–H and O–H groups in total. The number of nitriles is 1. The Morgan fingerprint density at radius 3 is 2.59 bits per heavy atom. The zero-order chi connectivity index (χ0) is 19.2. The van der Waals surface area contributed by atoms with Gasteiger partial charge in [-0.25, -0.2) is 4.98 Å². The van der Waals surface area contributed by atoms with E-state index in [0.717, 1.165) is 16.8 Å². The van der Waals surface area contributed by atoms with E-state index in [1.54, 1.807) is 7.11 Å². The lowest BCUT2D eigenvalue weighted by Gasteiger charge is -2.14. The van der Waals surface area contributed by atoms with Gasteiger partial charge >= 0.3 is 0 Å². The number of benzene rings is 2. The van der Waals surface area contributed by atoms with Gasteiger partial charge < -0.3 is 9.47 Å². The van der Waals surface area contributed by atoms with Gasteiger partial charge in [-0.1, -0.05) is 36.4 Å². The Morgan fingerprint density at radius 2 is 1.93 bits per heavy atom. The summed E-state index contributed by atoms with van der Waals surface area (Å²) in [6, 6.07) is 17.8. The molecule has 27 heavy (non-hydrogen) atoms. The highest BCUT2D eigenvalue weighted by atomic mass is 32.1. The van der Waals surface area contributed by atoms with Crippen LogP contribution in [-0.4, -0.2) is 18.2 Å². The number of hydrogen-bond donors (Lipinski definition) is 0. The Bertz CT molecular complexity index is 985. The van der Waals surface area contributed by atoms with Crippen LogP contribution in [0.1, 0.15) is 24.4 Å². The lowest BCUT2D eigenvalue weighted by molar-refractivity contribution is 0.230. The van der Waals surface area contributed by atoms with Crippen LogP contribution in [0.15, 0.2) is 53.9 Å². The molecule has 3 rings (SSSR count). The van der Waals surface area contributed by atoms with Crippen LogP contribution in [0.3, 0.4) is 0 Å². The molecule has 0 saturated heterocycles. The number of nitrogens with zero attached hydrogens (tertiary/aromatic N) is 2. The van der Waals surface area contributed by atoms with Crippen LogP contribution in [0.4, 0.5) is 0 Å². The van der Waals surface area contributed by atoms with Gasteiger partial charge in [0.05, 0.1) is 24.5 Å². The second-order valence-electron chi connectivity index (χ2n) is 6.15. The maximum atomic E-state index is 9.63. The molecule has 3 aromatic rings. The largest absolute Gasteiger partial charge is 0.493 e. The normalized spacial score (nSPS) is 11.3. The van der Waals surface area contributed by atoms with Gasteiger partial charge in [-0.2, -0.15) is 5.26 Å². The predicted molar refractivity (Wildman–Crippen MR) is 110 cm³/mol. The summed E-state index contributed by atoms with van der Waals surface area (Å²) in [5.74, 6) is 1.32. The van der Waals surface area contributed by atoms with Crippen LogP contribution < -0.4 is 9.47 Å². The van der Waals surface area contributed by atoms with E-state index >= 15 is 0 Å². The molecule has 0 aliphatic rings. The zero-order valence-corrected chi connectivity index (χ0v) is 16.3. The van der Waals surface area contributed by atoms with E-state index in [1.165, 1.54) is 11.3 Å². The fourth-order valence-electron chi connectivity index (χ4n) is 2.58. The third-order valence-corrected chi connectivity index (χ3v) is 4.66. The van der Waals surface area contributed by atoms with Crippen molar-refractivity contribution in [1.29, 1.82) is 5.26 Å². The van der Waals surface area contributed by atoms with Crippen molar-refractivity contribution in [3.63, 3.8) is 0 Å². The van der Waals surface area contributed by atoms with Crippen molar-refractivity contribution < 1.29 is 9.47 Å². The fourth-order valence-corrected chi connectivity index (χ4v) is 3.37. The molecule has 0 amide bonds. The topological polar surface area (TPSA) is 55.1 Å². The van der Waals surface area contributed by atoms with Gasteiger partial charge in [0.1, 0.15) is 11.1 Å². The quantitative estimate of drug-likeness (QED) is 0.520. The number of thiazole rings is 1. The molecule has 0 radical (unpaired) electrons. The Balaban J connectivity index is 1.93. The maximum Gasteiger partial charge on any atom is 0.162 e. The third-order valence-electron chi connectivity index (χ3n) is 3.79. The van der Waals surface area contributed by atoms with Crippen molar-refractivity contribution >= 4 is 23.0 Å². The van der Waals surface area contributed by atoms with E-state index in [1.807, 2.05) is 73.8 Å². The van der Waals surface area contributed by atoms with E-state index in [2.05, 4.69) is 11.1 Å². The minimum atomic E-state index is 0.0287. The van der Waals surface area contributed by atoms with E-state index in [-0.39, 0.29) is 6.10 Å². The summed E-state index contributed by atoms with van der Waals surface area (Å²) < 4.78 is 11.2. The predicted octanol–water partition coefficient (Wildman–Crippen LogP) is 5.67. The SMILES string of the molecule is COc1ccc(/C=C(/C#N)c2nc(-c3ccccc3)cs2)cc1OC(C)C.